The number of fused-ring (bicyclic) bond motifs is 3. The molecule has 102 valence electrons. The Morgan fingerprint density at radius 2 is 1.95 bits per heavy atom. The number of aromatic nitrogens is 4. The third-order valence-electron chi connectivity index (χ3n) is 4.26. The first kappa shape index (κ1) is 11.6. The zero-order valence-electron chi connectivity index (χ0n) is 11.2. The Kier molecular flexibility index (Phi) is 2.58. The molecule has 0 saturated heterocycles. The minimum absolute atomic E-state index is 0.0434. The summed E-state index contributed by atoms with van der Waals surface area (Å²) < 4.78 is 1.58. The summed E-state index contributed by atoms with van der Waals surface area (Å²) in [7, 11) is 0. The molecule has 2 heterocycles. The highest BCUT2D eigenvalue weighted by Gasteiger charge is 2.20. The highest BCUT2D eigenvalue weighted by Crippen LogP contribution is 2.27. The molecule has 4 rings (SSSR count). The van der Waals surface area contributed by atoms with Gasteiger partial charge in [-0.05, 0) is 18.9 Å². The molecule has 1 aromatic carbocycles. The van der Waals surface area contributed by atoms with Gasteiger partial charge in [0.1, 0.15) is 11.0 Å². The molecule has 1 aliphatic rings. The van der Waals surface area contributed by atoms with Gasteiger partial charge in [0.15, 0.2) is 0 Å². The molecular formula is C15H16N4O. The maximum Gasteiger partial charge on any atom is 0.294 e. The highest BCUT2D eigenvalue weighted by molar-refractivity contribution is 6.04. The third-order valence-corrected chi connectivity index (χ3v) is 4.26. The van der Waals surface area contributed by atoms with Crippen LogP contribution in [0.2, 0.25) is 0 Å². The summed E-state index contributed by atoms with van der Waals surface area (Å²) in [4.78, 5) is 15.8. The van der Waals surface area contributed by atoms with Gasteiger partial charge in [0.2, 0.25) is 0 Å². The number of rotatable bonds is 1. The van der Waals surface area contributed by atoms with Crippen LogP contribution in [0.15, 0.2) is 29.1 Å². The van der Waals surface area contributed by atoms with E-state index in [9.17, 15) is 4.79 Å². The van der Waals surface area contributed by atoms with E-state index in [0.717, 1.165) is 23.7 Å². The topological polar surface area (TPSA) is 63.6 Å². The van der Waals surface area contributed by atoms with Crippen LogP contribution in [0.25, 0.3) is 21.9 Å². The first-order chi connectivity index (χ1) is 9.84. The molecule has 0 atom stereocenters. The van der Waals surface area contributed by atoms with Crippen LogP contribution in [0.5, 0.6) is 0 Å². The van der Waals surface area contributed by atoms with Gasteiger partial charge in [0, 0.05) is 10.9 Å². The van der Waals surface area contributed by atoms with Gasteiger partial charge in [0.05, 0.1) is 6.04 Å². The van der Waals surface area contributed by atoms with E-state index in [2.05, 4.69) is 15.3 Å². The maximum atomic E-state index is 12.6. The van der Waals surface area contributed by atoms with Crippen molar-refractivity contribution in [2.45, 2.75) is 38.1 Å². The van der Waals surface area contributed by atoms with E-state index in [4.69, 9.17) is 0 Å². The van der Waals surface area contributed by atoms with Crippen molar-refractivity contribution in [1.29, 1.82) is 0 Å². The van der Waals surface area contributed by atoms with Gasteiger partial charge < -0.3 is 4.98 Å². The molecule has 3 aromatic rings. The second-order valence-electron chi connectivity index (χ2n) is 5.53. The zero-order chi connectivity index (χ0) is 13.5. The predicted octanol–water partition coefficient (Wildman–Crippen LogP) is 2.78. The van der Waals surface area contributed by atoms with Crippen molar-refractivity contribution in [3.63, 3.8) is 0 Å². The fourth-order valence-electron chi connectivity index (χ4n) is 3.20. The lowest BCUT2D eigenvalue weighted by Gasteiger charge is -2.21. The summed E-state index contributed by atoms with van der Waals surface area (Å²) in [5.74, 6) is 0. The monoisotopic (exact) mass is 268 g/mol. The number of nitrogens with one attached hydrogen (secondary N) is 1. The van der Waals surface area contributed by atoms with Crippen molar-refractivity contribution in [3.8, 4) is 0 Å². The van der Waals surface area contributed by atoms with E-state index < -0.39 is 0 Å². The van der Waals surface area contributed by atoms with Crippen LogP contribution in [-0.2, 0) is 0 Å². The molecule has 0 spiro atoms. The Balaban J connectivity index is 1.94. The summed E-state index contributed by atoms with van der Waals surface area (Å²) in [6.45, 7) is 0. The van der Waals surface area contributed by atoms with Crippen LogP contribution in [0.3, 0.4) is 0 Å². The lowest BCUT2D eigenvalue weighted by molar-refractivity contribution is 0.312. The molecular weight excluding hydrogens is 252 g/mol. The summed E-state index contributed by atoms with van der Waals surface area (Å²) in [5, 5.41) is 9.43. The van der Waals surface area contributed by atoms with Gasteiger partial charge in [0.25, 0.3) is 5.56 Å². The molecule has 1 fully saturated rings. The van der Waals surface area contributed by atoms with Crippen molar-refractivity contribution in [2.24, 2.45) is 0 Å². The average Bonchev–Trinajstić information content (AvgIpc) is 2.88. The first-order valence-electron chi connectivity index (χ1n) is 7.20. The van der Waals surface area contributed by atoms with Gasteiger partial charge in [-0.25, -0.2) is 4.68 Å². The summed E-state index contributed by atoms with van der Waals surface area (Å²) >= 11 is 0. The smallest absolute Gasteiger partial charge is 0.294 e. The Hall–Kier alpha value is -2.17. The van der Waals surface area contributed by atoms with E-state index in [1.807, 2.05) is 24.3 Å². The standard InChI is InChI=1S/C15H16N4O/c20-15-14-13(11-8-4-5-9-12(11)16-14)17-18-19(15)10-6-2-1-3-7-10/h4-5,8-10,16H,1-3,6-7H2. The molecule has 0 radical (unpaired) electrons. The number of aromatic amines is 1. The van der Waals surface area contributed by atoms with Crippen molar-refractivity contribution in [2.75, 3.05) is 0 Å². The Morgan fingerprint density at radius 3 is 2.80 bits per heavy atom. The lowest BCUT2D eigenvalue weighted by atomic mass is 9.96. The molecule has 0 aliphatic heterocycles. The van der Waals surface area contributed by atoms with Crippen LogP contribution in [0.4, 0.5) is 0 Å². The van der Waals surface area contributed by atoms with Crippen LogP contribution >= 0.6 is 0 Å². The molecule has 1 aliphatic carbocycles. The van der Waals surface area contributed by atoms with Crippen LogP contribution in [0.1, 0.15) is 38.1 Å². The van der Waals surface area contributed by atoms with Crippen LogP contribution in [0, 0.1) is 0 Å². The average molecular weight is 268 g/mol. The molecule has 2 aromatic heterocycles. The van der Waals surface area contributed by atoms with Crippen molar-refractivity contribution >= 4 is 21.9 Å². The molecule has 1 N–H and O–H groups in total. The Bertz CT molecular complexity index is 827. The highest BCUT2D eigenvalue weighted by atomic mass is 16.1. The molecule has 1 saturated carbocycles. The molecule has 0 unspecified atom stereocenters. The van der Waals surface area contributed by atoms with Crippen molar-refractivity contribution in [3.05, 3.63) is 34.6 Å². The molecule has 5 nitrogen and oxygen atoms in total. The number of nitrogens with zero attached hydrogens (tertiary/aromatic N) is 3. The Labute approximate surface area is 115 Å². The lowest BCUT2D eigenvalue weighted by Crippen LogP contribution is -2.29. The first-order valence-corrected chi connectivity index (χ1v) is 7.20. The minimum atomic E-state index is -0.0434. The van der Waals surface area contributed by atoms with E-state index in [-0.39, 0.29) is 11.6 Å². The van der Waals surface area contributed by atoms with Gasteiger partial charge in [-0.1, -0.05) is 42.7 Å². The Morgan fingerprint density at radius 1 is 1.15 bits per heavy atom. The summed E-state index contributed by atoms with van der Waals surface area (Å²) in [6.07, 6.45) is 5.65. The number of H-pyrrole nitrogens is 1. The van der Waals surface area contributed by atoms with Gasteiger partial charge in [-0.2, -0.15) is 0 Å². The molecule has 20 heavy (non-hydrogen) atoms. The SMILES string of the molecule is O=c1c2[nH]c3ccccc3c2nnn1C1CCCCC1. The molecule has 0 bridgehead atoms. The van der Waals surface area contributed by atoms with Crippen molar-refractivity contribution < 1.29 is 0 Å². The van der Waals surface area contributed by atoms with Gasteiger partial charge >= 0.3 is 0 Å². The summed E-state index contributed by atoms with van der Waals surface area (Å²) in [6, 6.07) is 8.03. The summed E-state index contributed by atoms with van der Waals surface area (Å²) in [5.41, 5.74) is 2.15. The number of hydrogen-bond acceptors (Lipinski definition) is 3. The third kappa shape index (κ3) is 1.66. The molecule has 0 amide bonds. The van der Waals surface area contributed by atoms with Crippen LogP contribution < -0.4 is 5.56 Å². The second kappa shape index (κ2) is 4.44. The largest absolute Gasteiger partial charge is 0.349 e. The van der Waals surface area contributed by atoms with Crippen molar-refractivity contribution in [1.82, 2.24) is 20.0 Å². The fourth-order valence-corrected chi connectivity index (χ4v) is 3.20. The van der Waals surface area contributed by atoms with E-state index in [1.54, 1.807) is 4.68 Å². The number of para-hydroxylation sites is 1. The van der Waals surface area contributed by atoms with E-state index in [0.29, 0.717) is 11.0 Å². The fraction of sp³-hybridized carbons (Fsp3) is 0.400. The zero-order valence-corrected chi connectivity index (χ0v) is 11.2. The number of benzene rings is 1. The van der Waals surface area contributed by atoms with Crippen LogP contribution in [-0.4, -0.2) is 20.0 Å². The van der Waals surface area contributed by atoms with E-state index >= 15 is 0 Å². The number of hydrogen-bond donors (Lipinski definition) is 1. The maximum absolute atomic E-state index is 12.6. The minimum Gasteiger partial charge on any atom is -0.349 e. The second-order valence-corrected chi connectivity index (χ2v) is 5.53. The van der Waals surface area contributed by atoms with Gasteiger partial charge in [-0.3, -0.25) is 4.79 Å². The van der Waals surface area contributed by atoms with Gasteiger partial charge in [-0.15, -0.1) is 5.10 Å². The van der Waals surface area contributed by atoms with E-state index in [1.165, 1.54) is 19.3 Å². The molecule has 5 heteroatoms. The normalized spacial score (nSPS) is 17.0. The quantitative estimate of drug-likeness (QED) is 0.738. The predicted molar refractivity (Wildman–Crippen MR) is 77.8 cm³/mol.